The van der Waals surface area contributed by atoms with E-state index in [1.807, 2.05) is 0 Å². The van der Waals surface area contributed by atoms with E-state index in [2.05, 4.69) is 246 Å². The molecule has 1 heterocycles. The molecule has 1 aliphatic rings. The minimum absolute atomic E-state index is 0.568. The van der Waals surface area contributed by atoms with Crippen molar-refractivity contribution in [1.29, 1.82) is 0 Å². The average molecular weight is 871 g/mol. The summed E-state index contributed by atoms with van der Waals surface area (Å²) in [4.78, 5) is 2.52. The fraction of sp³-hybridized carbons (Fsp3) is 0.0909. The first-order chi connectivity index (χ1) is 33.8. The lowest BCUT2D eigenvalue weighted by molar-refractivity contribution is 0.445. The van der Waals surface area contributed by atoms with Crippen LogP contribution in [0.2, 0.25) is 0 Å². The van der Waals surface area contributed by atoms with Crippen molar-refractivity contribution in [3.8, 4) is 39.1 Å². The normalized spacial score (nSPS) is 13.2. The molecule has 0 radical (unpaired) electrons. The van der Waals surface area contributed by atoms with E-state index in [-0.39, 0.29) is 0 Å². The molecule has 324 valence electrons. The summed E-state index contributed by atoms with van der Waals surface area (Å²) in [7, 11) is 0. The van der Waals surface area contributed by atoms with Crippen LogP contribution in [0.3, 0.4) is 0 Å². The number of para-hydroxylation sites is 4. The van der Waals surface area contributed by atoms with Crippen LogP contribution in [0.5, 0.6) is 0 Å². The zero-order valence-corrected chi connectivity index (χ0v) is 38.0. The predicted molar refractivity (Wildman–Crippen MR) is 290 cm³/mol. The van der Waals surface area contributed by atoms with Crippen molar-refractivity contribution >= 4 is 71.2 Å². The van der Waals surface area contributed by atoms with Crippen LogP contribution in [-0.4, -0.2) is 4.57 Å². The molecule has 0 N–H and O–H groups in total. The Morgan fingerprint density at radius 1 is 0.353 bits per heavy atom. The predicted octanol–water partition coefficient (Wildman–Crippen LogP) is 18.8. The van der Waals surface area contributed by atoms with Gasteiger partial charge in [-0.15, -0.1) is 0 Å². The van der Waals surface area contributed by atoms with E-state index in [0.29, 0.717) is 5.92 Å². The number of hydrogen-bond donors (Lipinski definition) is 0. The molecule has 0 saturated heterocycles. The van der Waals surface area contributed by atoms with Crippen LogP contribution < -0.4 is 4.90 Å². The molecule has 1 aliphatic carbocycles. The van der Waals surface area contributed by atoms with Crippen LogP contribution in [0.15, 0.2) is 237 Å². The fourth-order valence-corrected chi connectivity index (χ4v) is 11.6. The molecule has 2 nitrogen and oxygen atoms in total. The summed E-state index contributed by atoms with van der Waals surface area (Å²) in [5, 5.41) is 10.3. The highest BCUT2D eigenvalue weighted by molar-refractivity contribution is 6.13. The van der Waals surface area contributed by atoms with Gasteiger partial charge in [-0.2, -0.15) is 0 Å². The second kappa shape index (κ2) is 16.9. The van der Waals surface area contributed by atoms with Gasteiger partial charge in [0.15, 0.2) is 0 Å². The van der Waals surface area contributed by atoms with Crippen molar-refractivity contribution in [2.45, 2.75) is 38.0 Å². The highest BCUT2D eigenvalue weighted by Crippen LogP contribution is 2.49. The standard InChI is InChI=1S/C66H50N2/c1-3-18-45(19-4-1)55-30-15-21-48-22-16-32-61(66(48)55)59-28-11-14-35-64(59)67(51-40-36-47(37-41-51)53-29-17-31-56-52-25-8-7-20-46(52)38-42-57(53)56)62-33-12-9-26-54(62)49-39-43-60-58-27-10-13-34-63(58)68(65(60)44-49)50-23-5-2-6-24-50/h2,5-17,20-45H,1,3-4,18-19H2. The molecule has 0 spiro atoms. The molecule has 0 bridgehead atoms. The van der Waals surface area contributed by atoms with E-state index in [4.69, 9.17) is 0 Å². The van der Waals surface area contributed by atoms with Crippen LogP contribution in [0.1, 0.15) is 43.6 Å². The molecule has 12 aromatic rings. The summed E-state index contributed by atoms with van der Waals surface area (Å²) in [6, 6.07) is 87.9. The molecule has 0 amide bonds. The third-order valence-electron chi connectivity index (χ3n) is 14.8. The molecule has 0 aliphatic heterocycles. The van der Waals surface area contributed by atoms with E-state index >= 15 is 0 Å². The third-order valence-corrected chi connectivity index (χ3v) is 14.8. The fourth-order valence-electron chi connectivity index (χ4n) is 11.6. The number of aromatic nitrogens is 1. The van der Waals surface area contributed by atoms with Gasteiger partial charge in [-0.25, -0.2) is 0 Å². The first-order valence-electron chi connectivity index (χ1n) is 24.4. The van der Waals surface area contributed by atoms with E-state index in [1.54, 1.807) is 0 Å². The molecule has 1 aromatic heterocycles. The van der Waals surface area contributed by atoms with Gasteiger partial charge in [0.25, 0.3) is 0 Å². The molecule has 68 heavy (non-hydrogen) atoms. The molecule has 0 unspecified atom stereocenters. The minimum Gasteiger partial charge on any atom is -0.309 e. The molecule has 1 fully saturated rings. The Morgan fingerprint density at radius 2 is 0.941 bits per heavy atom. The zero-order chi connectivity index (χ0) is 45.0. The van der Waals surface area contributed by atoms with E-state index in [9.17, 15) is 0 Å². The van der Waals surface area contributed by atoms with E-state index < -0.39 is 0 Å². The van der Waals surface area contributed by atoms with Gasteiger partial charge in [0.2, 0.25) is 0 Å². The Morgan fingerprint density at radius 3 is 1.78 bits per heavy atom. The highest BCUT2D eigenvalue weighted by Gasteiger charge is 2.25. The highest BCUT2D eigenvalue weighted by atomic mass is 15.1. The van der Waals surface area contributed by atoms with Gasteiger partial charge in [-0.05, 0) is 127 Å². The largest absolute Gasteiger partial charge is 0.309 e. The Labute approximate surface area is 398 Å². The zero-order valence-electron chi connectivity index (χ0n) is 38.0. The average Bonchev–Trinajstić information content (AvgIpc) is 3.75. The number of fused-ring (bicyclic) bond motifs is 7. The topological polar surface area (TPSA) is 8.17 Å². The summed E-state index contributed by atoms with van der Waals surface area (Å²) in [6.45, 7) is 0. The summed E-state index contributed by atoms with van der Waals surface area (Å²) in [5.41, 5.74) is 15.7. The molecule has 13 rings (SSSR count). The van der Waals surface area contributed by atoms with Crippen LogP contribution >= 0.6 is 0 Å². The third kappa shape index (κ3) is 6.78. The molecule has 0 atom stereocenters. The van der Waals surface area contributed by atoms with Crippen molar-refractivity contribution in [3.63, 3.8) is 0 Å². The first kappa shape index (κ1) is 40.1. The van der Waals surface area contributed by atoms with Crippen molar-refractivity contribution in [3.05, 3.63) is 242 Å². The summed E-state index contributed by atoms with van der Waals surface area (Å²) in [6.07, 6.45) is 6.44. The quantitative estimate of drug-likeness (QED) is 0.138. The summed E-state index contributed by atoms with van der Waals surface area (Å²) < 4.78 is 2.42. The molecular formula is C66H50N2. The Hall–Kier alpha value is -8.20. The molecule has 1 saturated carbocycles. The van der Waals surface area contributed by atoms with Gasteiger partial charge in [0.1, 0.15) is 0 Å². The van der Waals surface area contributed by atoms with E-state index in [1.165, 1.54) is 125 Å². The lowest BCUT2D eigenvalue weighted by Crippen LogP contribution is -2.12. The Balaban J connectivity index is 1.02. The van der Waals surface area contributed by atoms with Gasteiger partial charge < -0.3 is 9.47 Å². The van der Waals surface area contributed by atoms with Crippen molar-refractivity contribution in [2.75, 3.05) is 4.90 Å². The molecule has 2 heteroatoms. The maximum atomic E-state index is 2.52. The number of rotatable bonds is 8. The molecular weight excluding hydrogens is 821 g/mol. The van der Waals surface area contributed by atoms with Gasteiger partial charge in [-0.3, -0.25) is 0 Å². The van der Waals surface area contributed by atoms with Gasteiger partial charge >= 0.3 is 0 Å². The first-order valence-corrected chi connectivity index (χ1v) is 24.4. The van der Waals surface area contributed by atoms with Gasteiger partial charge in [0.05, 0.1) is 22.4 Å². The lowest BCUT2D eigenvalue weighted by atomic mass is 9.80. The second-order valence-corrected chi connectivity index (χ2v) is 18.6. The number of hydrogen-bond acceptors (Lipinski definition) is 1. The monoisotopic (exact) mass is 870 g/mol. The summed E-state index contributed by atoms with van der Waals surface area (Å²) >= 11 is 0. The molecule has 11 aromatic carbocycles. The number of benzene rings is 11. The van der Waals surface area contributed by atoms with Crippen molar-refractivity contribution in [1.82, 2.24) is 4.57 Å². The SMILES string of the molecule is c1ccc(-n2c3ccccc3c3ccc(-c4ccccc4N(c4ccc(-c5cccc6c5ccc5ccccc56)cc4)c4ccccc4-c4cccc5cccc(C6CCCCC6)c45)cc32)cc1. The van der Waals surface area contributed by atoms with Crippen molar-refractivity contribution in [2.24, 2.45) is 0 Å². The van der Waals surface area contributed by atoms with Crippen LogP contribution in [-0.2, 0) is 0 Å². The lowest BCUT2D eigenvalue weighted by Gasteiger charge is -2.31. The van der Waals surface area contributed by atoms with Crippen molar-refractivity contribution < 1.29 is 0 Å². The maximum absolute atomic E-state index is 2.52. The van der Waals surface area contributed by atoms with Crippen LogP contribution in [0, 0.1) is 0 Å². The van der Waals surface area contributed by atoms with Crippen LogP contribution in [0.4, 0.5) is 17.1 Å². The summed E-state index contributed by atoms with van der Waals surface area (Å²) in [5.74, 6) is 0.568. The second-order valence-electron chi connectivity index (χ2n) is 18.6. The smallest absolute Gasteiger partial charge is 0.0547 e. The van der Waals surface area contributed by atoms with Gasteiger partial charge in [0, 0.05) is 33.3 Å². The van der Waals surface area contributed by atoms with Crippen LogP contribution in [0.25, 0.3) is 93.2 Å². The number of nitrogens with zero attached hydrogens (tertiary/aromatic N) is 2. The minimum atomic E-state index is 0.568. The van der Waals surface area contributed by atoms with Gasteiger partial charge in [-0.1, -0.05) is 207 Å². The Kier molecular flexibility index (Phi) is 9.97. The Bertz CT molecular complexity index is 3830. The van der Waals surface area contributed by atoms with E-state index in [0.717, 1.165) is 22.7 Å². The maximum Gasteiger partial charge on any atom is 0.0547 e. The number of anilines is 3.